The van der Waals surface area contributed by atoms with E-state index in [0.29, 0.717) is 39.1 Å². The molecule has 0 radical (unpaired) electrons. The first-order chi connectivity index (χ1) is 14.5. The van der Waals surface area contributed by atoms with Crippen molar-refractivity contribution in [1.29, 1.82) is 0 Å². The van der Waals surface area contributed by atoms with Gasteiger partial charge in [-0.3, -0.25) is 14.5 Å². The fourth-order valence-electron chi connectivity index (χ4n) is 4.08. The molecule has 6 heteroatoms. The van der Waals surface area contributed by atoms with Gasteiger partial charge in [-0.05, 0) is 18.1 Å². The molecule has 0 N–H and O–H groups in total. The number of hydrogen-bond acceptors (Lipinski definition) is 4. The van der Waals surface area contributed by atoms with E-state index in [-0.39, 0.29) is 17.9 Å². The van der Waals surface area contributed by atoms with Gasteiger partial charge >= 0.3 is 0 Å². The van der Waals surface area contributed by atoms with Gasteiger partial charge in [0.2, 0.25) is 5.91 Å². The molecule has 2 aliphatic rings. The maximum absolute atomic E-state index is 13.3. The first kappa shape index (κ1) is 20.3. The van der Waals surface area contributed by atoms with Crippen LogP contribution in [0, 0.1) is 6.92 Å². The summed E-state index contributed by atoms with van der Waals surface area (Å²) in [5.41, 5.74) is 4.29. The summed E-state index contributed by atoms with van der Waals surface area (Å²) in [4.78, 5) is 28.7. The predicted octanol–water partition coefficient (Wildman–Crippen LogP) is 2.84. The van der Waals surface area contributed by atoms with E-state index in [4.69, 9.17) is 5.10 Å². The Labute approximate surface area is 177 Å². The Morgan fingerprint density at radius 1 is 0.967 bits per heavy atom. The molecule has 1 saturated heterocycles. The molecule has 30 heavy (non-hydrogen) atoms. The van der Waals surface area contributed by atoms with Gasteiger partial charge in [0.25, 0.3) is 5.91 Å². The first-order valence-corrected chi connectivity index (χ1v) is 10.5. The van der Waals surface area contributed by atoms with Crippen LogP contribution in [0.2, 0.25) is 0 Å². The Kier molecular flexibility index (Phi) is 5.95. The van der Waals surface area contributed by atoms with E-state index in [1.807, 2.05) is 35.2 Å². The number of benzene rings is 2. The zero-order valence-electron chi connectivity index (χ0n) is 17.6. The van der Waals surface area contributed by atoms with Crippen LogP contribution in [0.25, 0.3) is 0 Å². The molecule has 0 bridgehead atoms. The number of rotatable bonds is 4. The maximum atomic E-state index is 13.3. The van der Waals surface area contributed by atoms with Gasteiger partial charge < -0.3 is 4.90 Å². The van der Waals surface area contributed by atoms with E-state index >= 15 is 0 Å². The minimum Gasteiger partial charge on any atom is -0.340 e. The second kappa shape index (κ2) is 8.79. The van der Waals surface area contributed by atoms with E-state index in [1.54, 1.807) is 11.9 Å². The van der Waals surface area contributed by atoms with Gasteiger partial charge in [0.15, 0.2) is 0 Å². The van der Waals surface area contributed by atoms with Crippen molar-refractivity contribution < 1.29 is 9.59 Å². The Morgan fingerprint density at radius 3 is 2.27 bits per heavy atom. The number of carbonyl (C=O) groups excluding carboxylic acids is 2. The van der Waals surface area contributed by atoms with Gasteiger partial charge in [0, 0.05) is 39.5 Å². The predicted molar refractivity (Wildman–Crippen MR) is 117 cm³/mol. The molecule has 2 amide bonds. The normalized spacial score (nSPS) is 19.7. The number of carbonyl (C=O) groups is 2. The average Bonchev–Trinajstić information content (AvgIpc) is 3.21. The van der Waals surface area contributed by atoms with Crippen molar-refractivity contribution in [2.45, 2.75) is 26.3 Å². The van der Waals surface area contributed by atoms with E-state index in [0.717, 1.165) is 16.8 Å². The summed E-state index contributed by atoms with van der Waals surface area (Å²) >= 11 is 0. The summed E-state index contributed by atoms with van der Waals surface area (Å²) in [7, 11) is 0. The molecule has 4 rings (SSSR count). The van der Waals surface area contributed by atoms with Crippen LogP contribution >= 0.6 is 0 Å². The molecule has 2 aromatic carbocycles. The third kappa shape index (κ3) is 4.44. The summed E-state index contributed by atoms with van der Waals surface area (Å²) < 4.78 is 0. The molecular formula is C24H28N4O2. The maximum Gasteiger partial charge on any atom is 0.257 e. The van der Waals surface area contributed by atoms with Crippen LogP contribution in [0.3, 0.4) is 0 Å². The van der Waals surface area contributed by atoms with Gasteiger partial charge in [-0.2, -0.15) is 5.10 Å². The third-order valence-corrected chi connectivity index (χ3v) is 5.91. The average molecular weight is 405 g/mol. The van der Waals surface area contributed by atoms with Gasteiger partial charge in [-0.25, -0.2) is 5.01 Å². The van der Waals surface area contributed by atoms with Gasteiger partial charge in [-0.1, -0.05) is 60.2 Å². The number of aryl methyl sites for hydroxylation is 1. The Morgan fingerprint density at radius 2 is 1.63 bits per heavy atom. The van der Waals surface area contributed by atoms with Crippen molar-refractivity contribution in [3.8, 4) is 0 Å². The van der Waals surface area contributed by atoms with Crippen molar-refractivity contribution in [3.63, 3.8) is 0 Å². The Hall–Kier alpha value is -2.99. The molecule has 1 fully saturated rings. The van der Waals surface area contributed by atoms with E-state index in [9.17, 15) is 9.59 Å². The first-order valence-electron chi connectivity index (χ1n) is 10.5. The second-order valence-corrected chi connectivity index (χ2v) is 8.06. The van der Waals surface area contributed by atoms with Crippen LogP contribution in [-0.4, -0.2) is 65.1 Å². The fraction of sp³-hybridized carbons (Fsp3) is 0.375. The highest BCUT2D eigenvalue weighted by Crippen LogP contribution is 2.33. The Balaban J connectivity index is 1.52. The lowest BCUT2D eigenvalue weighted by molar-refractivity contribution is -0.135. The quantitative estimate of drug-likeness (QED) is 0.787. The SMILES string of the molecule is CC(=O)N1CCN(CC(=O)N2N=C(c3ccccc3)C[C@@H]2c2ccc(C)cc2)CC1. The Bertz CT molecular complexity index is 931. The minimum absolute atomic E-state index is 0.00258. The fourth-order valence-corrected chi connectivity index (χ4v) is 4.08. The van der Waals surface area contributed by atoms with Gasteiger partial charge in [0.05, 0.1) is 18.3 Å². The van der Waals surface area contributed by atoms with Crippen molar-refractivity contribution in [2.24, 2.45) is 5.10 Å². The van der Waals surface area contributed by atoms with Crippen LogP contribution in [0.4, 0.5) is 0 Å². The molecule has 0 unspecified atom stereocenters. The lowest BCUT2D eigenvalue weighted by Gasteiger charge is -2.34. The van der Waals surface area contributed by atoms with Crippen molar-refractivity contribution in [1.82, 2.24) is 14.8 Å². The smallest absolute Gasteiger partial charge is 0.257 e. The molecular weight excluding hydrogens is 376 g/mol. The third-order valence-electron chi connectivity index (χ3n) is 5.91. The minimum atomic E-state index is -0.0909. The van der Waals surface area contributed by atoms with Crippen LogP contribution in [-0.2, 0) is 9.59 Å². The molecule has 0 spiro atoms. The summed E-state index contributed by atoms with van der Waals surface area (Å²) in [5.74, 6) is 0.0971. The molecule has 6 nitrogen and oxygen atoms in total. The molecule has 1 atom stereocenters. The zero-order valence-corrected chi connectivity index (χ0v) is 17.6. The lowest BCUT2D eigenvalue weighted by Crippen LogP contribution is -2.50. The van der Waals surface area contributed by atoms with Crippen LogP contribution in [0.15, 0.2) is 59.7 Å². The van der Waals surface area contributed by atoms with Gasteiger partial charge in [0.1, 0.15) is 0 Å². The van der Waals surface area contributed by atoms with Crippen LogP contribution in [0.5, 0.6) is 0 Å². The summed E-state index contributed by atoms with van der Waals surface area (Å²) in [5, 5.41) is 6.43. The van der Waals surface area contributed by atoms with Crippen molar-refractivity contribution >= 4 is 17.5 Å². The summed E-state index contributed by atoms with van der Waals surface area (Å²) in [6.07, 6.45) is 0.705. The number of nitrogens with zero attached hydrogens (tertiary/aromatic N) is 4. The van der Waals surface area contributed by atoms with Gasteiger partial charge in [-0.15, -0.1) is 0 Å². The van der Waals surface area contributed by atoms with Crippen LogP contribution in [0.1, 0.15) is 36.1 Å². The number of piperazine rings is 1. The largest absolute Gasteiger partial charge is 0.340 e. The molecule has 0 saturated carbocycles. The number of hydrazone groups is 1. The van der Waals surface area contributed by atoms with Crippen LogP contribution < -0.4 is 0 Å². The van der Waals surface area contributed by atoms with E-state index < -0.39 is 0 Å². The topological polar surface area (TPSA) is 56.2 Å². The monoisotopic (exact) mass is 404 g/mol. The van der Waals surface area contributed by atoms with Crippen molar-refractivity contribution in [2.75, 3.05) is 32.7 Å². The molecule has 2 heterocycles. The zero-order chi connectivity index (χ0) is 21.1. The number of amides is 2. The summed E-state index contributed by atoms with van der Waals surface area (Å²) in [6.45, 7) is 6.74. The van der Waals surface area contributed by atoms with Crippen molar-refractivity contribution in [3.05, 3.63) is 71.3 Å². The highest BCUT2D eigenvalue weighted by atomic mass is 16.2. The highest BCUT2D eigenvalue weighted by Gasteiger charge is 2.34. The molecule has 2 aromatic rings. The summed E-state index contributed by atoms with van der Waals surface area (Å²) in [6, 6.07) is 18.3. The molecule has 156 valence electrons. The van der Waals surface area contributed by atoms with E-state index in [2.05, 4.69) is 36.1 Å². The second-order valence-electron chi connectivity index (χ2n) is 8.06. The molecule has 2 aliphatic heterocycles. The molecule has 0 aliphatic carbocycles. The highest BCUT2D eigenvalue weighted by molar-refractivity contribution is 6.03. The van der Waals surface area contributed by atoms with E-state index in [1.165, 1.54) is 5.56 Å². The molecule has 0 aromatic heterocycles. The standard InChI is InChI=1S/C24H28N4O2/c1-18-8-10-21(11-9-18)23-16-22(20-6-4-3-5-7-20)25-28(23)24(30)17-26-12-14-27(15-13-26)19(2)29/h3-11,23H,12-17H2,1-2H3/t23-/m1/s1. The number of hydrogen-bond donors (Lipinski definition) is 0. The lowest BCUT2D eigenvalue weighted by atomic mass is 9.98.